The second kappa shape index (κ2) is 13.4. The van der Waals surface area contributed by atoms with Gasteiger partial charge in [-0.1, -0.05) is 13.8 Å². The van der Waals surface area contributed by atoms with Gasteiger partial charge in [0.15, 0.2) is 0 Å². The molecule has 0 aliphatic carbocycles. The predicted octanol–water partition coefficient (Wildman–Crippen LogP) is 2.16. The van der Waals surface area contributed by atoms with Crippen LogP contribution in [-0.2, 0) is 28.7 Å². The standard InChI is InChI=1S/C18H31NO6/c1-13(2)17(22)24-11-7-8-12-25-18(23)15(4)19-16(21)10-6-5-9-14(3)20/h13,15H,5-12H2,1-4H3,(H,19,21). The van der Waals surface area contributed by atoms with Gasteiger partial charge in [-0.3, -0.25) is 9.59 Å². The maximum absolute atomic E-state index is 11.8. The number of Topliss-reactive ketones (excluding diaryl/α,β-unsaturated/α-hetero) is 1. The second-order valence-electron chi connectivity index (χ2n) is 6.40. The van der Waals surface area contributed by atoms with Gasteiger partial charge in [-0.2, -0.15) is 0 Å². The summed E-state index contributed by atoms with van der Waals surface area (Å²) < 4.78 is 10.1. The number of carbonyl (C=O) groups is 4. The molecule has 0 aromatic carbocycles. The molecule has 1 N–H and O–H groups in total. The van der Waals surface area contributed by atoms with Crippen molar-refractivity contribution in [3.8, 4) is 0 Å². The molecule has 1 unspecified atom stereocenters. The van der Waals surface area contributed by atoms with Crippen molar-refractivity contribution in [1.29, 1.82) is 0 Å². The van der Waals surface area contributed by atoms with Crippen molar-refractivity contribution < 1.29 is 28.7 Å². The summed E-state index contributed by atoms with van der Waals surface area (Å²) in [5, 5.41) is 2.58. The van der Waals surface area contributed by atoms with Crippen molar-refractivity contribution in [2.24, 2.45) is 5.92 Å². The van der Waals surface area contributed by atoms with E-state index in [1.807, 2.05) is 0 Å². The summed E-state index contributed by atoms with van der Waals surface area (Å²) in [5.41, 5.74) is 0. The van der Waals surface area contributed by atoms with Gasteiger partial charge in [-0.05, 0) is 39.5 Å². The van der Waals surface area contributed by atoms with E-state index in [0.29, 0.717) is 38.7 Å². The SMILES string of the molecule is CC(=O)CCCCC(=O)NC(C)C(=O)OCCCCOC(=O)C(C)C. The Morgan fingerprint density at radius 3 is 1.84 bits per heavy atom. The van der Waals surface area contributed by atoms with Gasteiger partial charge in [0, 0.05) is 12.8 Å². The first-order valence-corrected chi connectivity index (χ1v) is 8.86. The molecule has 0 radical (unpaired) electrons. The summed E-state index contributed by atoms with van der Waals surface area (Å²) in [6, 6.07) is -0.709. The third kappa shape index (κ3) is 13.1. The zero-order valence-electron chi connectivity index (χ0n) is 15.8. The van der Waals surface area contributed by atoms with E-state index in [1.165, 1.54) is 6.92 Å². The highest BCUT2D eigenvalue weighted by Crippen LogP contribution is 2.02. The Morgan fingerprint density at radius 1 is 0.800 bits per heavy atom. The fourth-order valence-corrected chi connectivity index (χ4v) is 1.87. The summed E-state index contributed by atoms with van der Waals surface area (Å²) in [4.78, 5) is 45.5. The van der Waals surface area contributed by atoms with E-state index in [2.05, 4.69) is 5.32 Å². The first kappa shape index (κ1) is 23.1. The minimum Gasteiger partial charge on any atom is -0.465 e. The molecule has 1 amide bonds. The molecule has 0 aromatic heterocycles. The number of nitrogens with one attached hydrogen (secondary N) is 1. The van der Waals surface area contributed by atoms with Crippen LogP contribution in [0.15, 0.2) is 0 Å². The number of hydrogen-bond donors (Lipinski definition) is 1. The Balaban J connectivity index is 3.72. The summed E-state index contributed by atoms with van der Waals surface area (Å²) in [5.74, 6) is -0.998. The number of amides is 1. The molecular weight excluding hydrogens is 326 g/mol. The van der Waals surface area contributed by atoms with Crippen molar-refractivity contribution in [1.82, 2.24) is 5.32 Å². The van der Waals surface area contributed by atoms with Crippen LogP contribution in [0.2, 0.25) is 0 Å². The lowest BCUT2D eigenvalue weighted by Crippen LogP contribution is -2.39. The highest BCUT2D eigenvalue weighted by molar-refractivity contribution is 5.84. The zero-order valence-corrected chi connectivity index (χ0v) is 15.8. The quantitative estimate of drug-likeness (QED) is 0.401. The van der Waals surface area contributed by atoms with E-state index >= 15 is 0 Å². The number of ketones is 1. The van der Waals surface area contributed by atoms with Crippen molar-refractivity contribution in [2.45, 2.75) is 72.3 Å². The van der Waals surface area contributed by atoms with Crippen LogP contribution in [0.25, 0.3) is 0 Å². The molecule has 0 aliphatic heterocycles. The molecule has 1 atom stereocenters. The van der Waals surface area contributed by atoms with Crippen LogP contribution in [0.1, 0.15) is 66.2 Å². The third-order valence-electron chi connectivity index (χ3n) is 3.41. The van der Waals surface area contributed by atoms with Crippen molar-refractivity contribution in [3.05, 3.63) is 0 Å². The van der Waals surface area contributed by atoms with Crippen LogP contribution >= 0.6 is 0 Å². The third-order valence-corrected chi connectivity index (χ3v) is 3.41. The Bertz CT molecular complexity index is 447. The molecule has 7 nitrogen and oxygen atoms in total. The summed E-state index contributed by atoms with van der Waals surface area (Å²) >= 11 is 0. The van der Waals surface area contributed by atoms with E-state index in [9.17, 15) is 19.2 Å². The van der Waals surface area contributed by atoms with E-state index in [-0.39, 0.29) is 36.6 Å². The van der Waals surface area contributed by atoms with Gasteiger partial charge < -0.3 is 19.6 Å². The van der Waals surface area contributed by atoms with Crippen molar-refractivity contribution >= 4 is 23.6 Å². The molecule has 0 aliphatic rings. The lowest BCUT2D eigenvalue weighted by Gasteiger charge is -2.13. The Labute approximate surface area is 149 Å². The smallest absolute Gasteiger partial charge is 0.328 e. The molecule has 7 heteroatoms. The van der Waals surface area contributed by atoms with Gasteiger partial charge in [0.2, 0.25) is 5.91 Å². The molecule has 0 aromatic rings. The van der Waals surface area contributed by atoms with E-state index < -0.39 is 12.0 Å². The minimum atomic E-state index is -0.709. The largest absolute Gasteiger partial charge is 0.465 e. The molecule has 0 saturated carbocycles. The average molecular weight is 357 g/mol. The molecule has 0 saturated heterocycles. The lowest BCUT2D eigenvalue weighted by molar-refractivity contribution is -0.149. The maximum atomic E-state index is 11.8. The van der Waals surface area contributed by atoms with Gasteiger partial charge in [-0.25, -0.2) is 4.79 Å². The van der Waals surface area contributed by atoms with Gasteiger partial charge in [0.05, 0.1) is 19.1 Å². The van der Waals surface area contributed by atoms with E-state index in [4.69, 9.17) is 9.47 Å². The van der Waals surface area contributed by atoms with Crippen LogP contribution in [-0.4, -0.2) is 42.9 Å². The van der Waals surface area contributed by atoms with Crippen LogP contribution in [0, 0.1) is 5.92 Å². The fraction of sp³-hybridized carbons (Fsp3) is 0.778. The van der Waals surface area contributed by atoms with Crippen LogP contribution in [0.5, 0.6) is 0 Å². The van der Waals surface area contributed by atoms with Crippen LogP contribution in [0.3, 0.4) is 0 Å². The minimum absolute atomic E-state index is 0.108. The maximum Gasteiger partial charge on any atom is 0.328 e. The Kier molecular flexibility index (Phi) is 12.4. The highest BCUT2D eigenvalue weighted by atomic mass is 16.5. The van der Waals surface area contributed by atoms with Crippen molar-refractivity contribution in [2.75, 3.05) is 13.2 Å². The van der Waals surface area contributed by atoms with E-state index in [0.717, 1.165) is 0 Å². The van der Waals surface area contributed by atoms with Crippen molar-refractivity contribution in [3.63, 3.8) is 0 Å². The summed E-state index contributed by atoms with van der Waals surface area (Å²) in [7, 11) is 0. The Morgan fingerprint density at radius 2 is 1.32 bits per heavy atom. The number of rotatable bonds is 13. The average Bonchev–Trinajstić information content (AvgIpc) is 2.53. The van der Waals surface area contributed by atoms with Crippen LogP contribution in [0.4, 0.5) is 0 Å². The summed E-state index contributed by atoms with van der Waals surface area (Å²) in [6.07, 6.45) is 3.24. The number of hydrogen-bond acceptors (Lipinski definition) is 6. The molecule has 25 heavy (non-hydrogen) atoms. The predicted molar refractivity (Wildman–Crippen MR) is 92.7 cm³/mol. The zero-order chi connectivity index (χ0) is 19.2. The number of esters is 2. The molecule has 0 rings (SSSR count). The first-order chi connectivity index (χ1) is 11.7. The van der Waals surface area contributed by atoms with Crippen LogP contribution < -0.4 is 5.32 Å². The number of carbonyl (C=O) groups excluding carboxylic acids is 4. The topological polar surface area (TPSA) is 98.8 Å². The highest BCUT2D eigenvalue weighted by Gasteiger charge is 2.16. The second-order valence-corrected chi connectivity index (χ2v) is 6.40. The summed E-state index contributed by atoms with van der Waals surface area (Å²) in [6.45, 7) is 7.15. The van der Waals surface area contributed by atoms with Gasteiger partial charge >= 0.3 is 11.9 Å². The monoisotopic (exact) mass is 357 g/mol. The van der Waals surface area contributed by atoms with Gasteiger partial charge in [0.1, 0.15) is 11.8 Å². The molecule has 0 spiro atoms. The van der Waals surface area contributed by atoms with E-state index in [1.54, 1.807) is 20.8 Å². The van der Waals surface area contributed by atoms with Gasteiger partial charge in [0.25, 0.3) is 0 Å². The molecule has 144 valence electrons. The lowest BCUT2D eigenvalue weighted by atomic mass is 10.1. The van der Waals surface area contributed by atoms with Gasteiger partial charge in [-0.15, -0.1) is 0 Å². The molecule has 0 bridgehead atoms. The number of unbranched alkanes of at least 4 members (excludes halogenated alkanes) is 2. The molecule has 0 heterocycles. The normalized spacial score (nSPS) is 11.7. The molecular formula is C18H31NO6. The fourth-order valence-electron chi connectivity index (χ4n) is 1.87. The molecule has 0 fully saturated rings. The first-order valence-electron chi connectivity index (χ1n) is 8.86. The Hall–Kier alpha value is -1.92. The number of ether oxygens (including phenoxy) is 2.